The van der Waals surface area contributed by atoms with Crippen molar-refractivity contribution in [2.75, 3.05) is 0 Å². The number of benzene rings is 1. The van der Waals surface area contributed by atoms with Crippen molar-refractivity contribution < 1.29 is 9.13 Å². The molecule has 3 nitrogen and oxygen atoms in total. The zero-order valence-electron chi connectivity index (χ0n) is 8.06. The first kappa shape index (κ1) is 11.0. The maximum atomic E-state index is 12.8. The molecular formula is C11H11FN2O. The van der Waals surface area contributed by atoms with Gasteiger partial charge in [-0.1, -0.05) is 12.6 Å². The molecule has 0 bridgehead atoms. The van der Waals surface area contributed by atoms with Gasteiger partial charge >= 0.3 is 0 Å². The molecule has 78 valence electrons. The average Bonchev–Trinajstić information content (AvgIpc) is 2.24. The predicted octanol–water partition coefficient (Wildman–Crippen LogP) is 2.22. The number of hydrazone groups is 1. The first-order valence-electron chi connectivity index (χ1n) is 4.25. The monoisotopic (exact) mass is 206 g/mol. The maximum Gasteiger partial charge on any atom is 0.130 e. The van der Waals surface area contributed by atoms with Crippen molar-refractivity contribution in [2.45, 2.75) is 0 Å². The van der Waals surface area contributed by atoms with Crippen LogP contribution in [-0.2, 0) is 0 Å². The zero-order valence-corrected chi connectivity index (χ0v) is 8.06. The molecule has 0 aliphatic carbocycles. The van der Waals surface area contributed by atoms with E-state index < -0.39 is 0 Å². The van der Waals surface area contributed by atoms with E-state index in [-0.39, 0.29) is 5.82 Å². The van der Waals surface area contributed by atoms with Crippen molar-refractivity contribution in [3.05, 3.63) is 54.6 Å². The molecule has 0 spiro atoms. The van der Waals surface area contributed by atoms with Crippen LogP contribution < -0.4 is 10.6 Å². The smallest absolute Gasteiger partial charge is 0.130 e. The van der Waals surface area contributed by atoms with Crippen molar-refractivity contribution in [2.24, 2.45) is 10.9 Å². The highest BCUT2D eigenvalue weighted by atomic mass is 19.1. The first-order chi connectivity index (χ1) is 7.26. The Bertz CT molecular complexity index is 399. The van der Waals surface area contributed by atoms with Gasteiger partial charge in [0.2, 0.25) is 0 Å². The van der Waals surface area contributed by atoms with E-state index in [0.29, 0.717) is 11.5 Å². The largest absolute Gasteiger partial charge is 0.457 e. The molecule has 15 heavy (non-hydrogen) atoms. The fourth-order valence-electron chi connectivity index (χ4n) is 0.927. The predicted molar refractivity (Wildman–Crippen MR) is 58.0 cm³/mol. The third-order valence-electron chi connectivity index (χ3n) is 1.56. The molecule has 0 heterocycles. The number of halogens is 1. The minimum Gasteiger partial charge on any atom is -0.457 e. The lowest BCUT2D eigenvalue weighted by Gasteiger charge is -2.04. The van der Waals surface area contributed by atoms with Gasteiger partial charge in [0.05, 0.1) is 6.21 Å². The third kappa shape index (κ3) is 3.64. The van der Waals surface area contributed by atoms with E-state index in [1.807, 2.05) is 0 Å². The van der Waals surface area contributed by atoms with Crippen LogP contribution in [0.3, 0.4) is 0 Å². The number of hydrogen-bond acceptors (Lipinski definition) is 3. The molecule has 1 aromatic carbocycles. The van der Waals surface area contributed by atoms with Gasteiger partial charge < -0.3 is 10.6 Å². The van der Waals surface area contributed by atoms with E-state index in [1.54, 1.807) is 12.1 Å². The lowest BCUT2D eigenvalue weighted by Crippen LogP contribution is -1.93. The Morgan fingerprint density at radius 1 is 1.53 bits per heavy atom. The number of rotatable bonds is 4. The molecule has 4 heteroatoms. The molecule has 0 unspecified atom stereocenters. The normalized spacial score (nSPS) is 11.7. The van der Waals surface area contributed by atoms with Crippen molar-refractivity contribution in [1.29, 1.82) is 0 Å². The first-order valence-corrected chi connectivity index (χ1v) is 4.25. The number of hydrogen-bond donors (Lipinski definition) is 1. The van der Waals surface area contributed by atoms with Crippen LogP contribution in [0.4, 0.5) is 4.39 Å². The Morgan fingerprint density at radius 3 is 2.93 bits per heavy atom. The van der Waals surface area contributed by atoms with Gasteiger partial charge in [0.1, 0.15) is 17.3 Å². The molecule has 1 aromatic rings. The summed E-state index contributed by atoms with van der Waals surface area (Å²) in [5.41, 5.74) is 0. The van der Waals surface area contributed by atoms with E-state index in [9.17, 15) is 4.39 Å². The Hall–Kier alpha value is -2.10. The molecule has 0 saturated heterocycles. The molecule has 0 aliphatic heterocycles. The summed E-state index contributed by atoms with van der Waals surface area (Å²) in [4.78, 5) is 0. The summed E-state index contributed by atoms with van der Waals surface area (Å²) in [6.45, 7) is 3.54. The molecule has 0 atom stereocenters. The molecule has 2 N–H and O–H groups in total. The summed E-state index contributed by atoms with van der Waals surface area (Å²) in [6.07, 6.45) is 4.36. The highest BCUT2D eigenvalue weighted by Crippen LogP contribution is 2.15. The summed E-state index contributed by atoms with van der Waals surface area (Å²) < 4.78 is 18.1. The van der Waals surface area contributed by atoms with Gasteiger partial charge in [-0.15, -0.1) is 0 Å². The summed E-state index contributed by atoms with van der Waals surface area (Å²) in [6, 6.07) is 5.81. The Balaban J connectivity index is 2.79. The molecule has 0 amide bonds. The second-order valence-corrected chi connectivity index (χ2v) is 2.63. The lowest BCUT2D eigenvalue weighted by molar-refractivity contribution is 0.441. The quantitative estimate of drug-likeness (QED) is 0.270. The number of nitrogens with zero attached hydrogens (tertiary/aromatic N) is 1. The summed E-state index contributed by atoms with van der Waals surface area (Å²) in [5.74, 6) is 5.40. The van der Waals surface area contributed by atoms with Crippen LogP contribution in [0.15, 0.2) is 53.9 Å². The van der Waals surface area contributed by atoms with Gasteiger partial charge in [-0.3, -0.25) is 0 Å². The lowest BCUT2D eigenvalue weighted by atomic mass is 10.3. The van der Waals surface area contributed by atoms with Crippen LogP contribution in [0.25, 0.3) is 0 Å². The van der Waals surface area contributed by atoms with Crippen LogP contribution in [0.5, 0.6) is 5.75 Å². The Morgan fingerprint density at radius 2 is 2.33 bits per heavy atom. The molecule has 0 saturated carbocycles. The minimum atomic E-state index is -0.358. The van der Waals surface area contributed by atoms with Crippen LogP contribution in [0.2, 0.25) is 0 Å². The van der Waals surface area contributed by atoms with Crippen molar-refractivity contribution in [3.63, 3.8) is 0 Å². The SMILES string of the molecule is C=C/C(=C\C=N/N)Oc1cccc(F)c1. The van der Waals surface area contributed by atoms with Crippen molar-refractivity contribution >= 4 is 6.21 Å². The fraction of sp³-hybridized carbons (Fsp3) is 0. The topological polar surface area (TPSA) is 47.6 Å². The third-order valence-corrected chi connectivity index (χ3v) is 1.56. The molecule has 0 radical (unpaired) electrons. The van der Waals surface area contributed by atoms with E-state index in [4.69, 9.17) is 10.6 Å². The van der Waals surface area contributed by atoms with Gasteiger partial charge in [0.25, 0.3) is 0 Å². The number of ether oxygens (including phenoxy) is 1. The van der Waals surface area contributed by atoms with Gasteiger partial charge in [-0.05, 0) is 18.2 Å². The van der Waals surface area contributed by atoms with E-state index >= 15 is 0 Å². The Labute approximate surface area is 87.4 Å². The molecule has 0 aliphatic rings. The highest BCUT2D eigenvalue weighted by Gasteiger charge is 1.97. The average molecular weight is 206 g/mol. The molecule has 1 rings (SSSR count). The van der Waals surface area contributed by atoms with Gasteiger partial charge in [-0.25, -0.2) is 4.39 Å². The second kappa shape index (κ2) is 5.59. The summed E-state index contributed by atoms with van der Waals surface area (Å²) in [5, 5.41) is 3.28. The van der Waals surface area contributed by atoms with Crippen molar-refractivity contribution in [3.8, 4) is 5.75 Å². The van der Waals surface area contributed by atoms with E-state index in [0.717, 1.165) is 0 Å². The fourth-order valence-corrected chi connectivity index (χ4v) is 0.927. The van der Waals surface area contributed by atoms with Crippen LogP contribution >= 0.6 is 0 Å². The van der Waals surface area contributed by atoms with Gasteiger partial charge in [0, 0.05) is 12.1 Å². The number of allylic oxidation sites excluding steroid dienone is 2. The van der Waals surface area contributed by atoms with Crippen LogP contribution in [0, 0.1) is 5.82 Å². The van der Waals surface area contributed by atoms with E-state index in [1.165, 1.54) is 30.5 Å². The second-order valence-electron chi connectivity index (χ2n) is 2.63. The number of nitrogens with two attached hydrogens (primary N) is 1. The molecular weight excluding hydrogens is 195 g/mol. The van der Waals surface area contributed by atoms with Crippen LogP contribution in [-0.4, -0.2) is 6.21 Å². The van der Waals surface area contributed by atoms with Crippen LogP contribution in [0.1, 0.15) is 0 Å². The maximum absolute atomic E-state index is 12.8. The summed E-state index contributed by atoms with van der Waals surface area (Å²) >= 11 is 0. The zero-order chi connectivity index (χ0) is 11.1. The summed E-state index contributed by atoms with van der Waals surface area (Å²) in [7, 11) is 0. The molecule has 0 aromatic heterocycles. The van der Waals surface area contributed by atoms with Gasteiger partial charge in [-0.2, -0.15) is 5.10 Å². The molecule has 0 fully saturated rings. The van der Waals surface area contributed by atoms with Crippen molar-refractivity contribution in [1.82, 2.24) is 0 Å². The van der Waals surface area contributed by atoms with E-state index in [2.05, 4.69) is 11.7 Å². The Kier molecular flexibility index (Phi) is 4.09. The highest BCUT2D eigenvalue weighted by molar-refractivity contribution is 5.72. The van der Waals surface area contributed by atoms with Gasteiger partial charge in [0.15, 0.2) is 0 Å². The standard InChI is InChI=1S/C11H11FN2O/c1-2-10(6-7-14-13)15-11-5-3-4-9(12)8-11/h2-8H,1,13H2/b10-6+,14-7-. The minimum absolute atomic E-state index is 0.358.